The number of nitrogens with zero attached hydrogens (tertiary/aromatic N) is 1. The molecule has 0 aliphatic carbocycles. The molecule has 1 aromatic carbocycles. The average Bonchev–Trinajstić information content (AvgIpc) is 2.58. The van der Waals surface area contributed by atoms with Gasteiger partial charge in [0.2, 0.25) is 0 Å². The number of ether oxygens (including phenoxy) is 2. The molecule has 0 spiro atoms. The second-order valence-corrected chi connectivity index (χ2v) is 5.86. The van der Waals surface area contributed by atoms with E-state index in [0.29, 0.717) is 0 Å². The molecule has 0 bridgehead atoms. The summed E-state index contributed by atoms with van der Waals surface area (Å²) in [5.74, 6) is 0. The van der Waals surface area contributed by atoms with E-state index in [-0.39, 0.29) is 0 Å². The molecule has 0 radical (unpaired) electrons. The van der Waals surface area contributed by atoms with E-state index in [1.54, 1.807) is 0 Å². The minimum Gasteiger partial charge on any atom is -0.380 e. The van der Waals surface area contributed by atoms with E-state index in [0.717, 1.165) is 39.5 Å². The minimum absolute atomic E-state index is 0.765. The summed E-state index contributed by atoms with van der Waals surface area (Å²) in [4.78, 5) is 2.35. The summed E-state index contributed by atoms with van der Waals surface area (Å²) in [7, 11) is 0. The first-order chi connectivity index (χ1) is 11.3. The zero-order valence-electron chi connectivity index (χ0n) is 15.4. The first-order valence-corrected chi connectivity index (χ1v) is 9.31. The van der Waals surface area contributed by atoms with E-state index in [1.165, 1.54) is 43.4 Å². The average molecular weight is 322 g/mol. The third kappa shape index (κ3) is 8.97. The van der Waals surface area contributed by atoms with Gasteiger partial charge in [0.05, 0.1) is 13.2 Å². The zero-order valence-corrected chi connectivity index (χ0v) is 15.4. The number of hydrogen-bond acceptors (Lipinski definition) is 3. The number of unbranched alkanes of at least 4 members (excludes halogenated alkanes) is 3. The molecule has 0 aliphatic rings. The summed E-state index contributed by atoms with van der Waals surface area (Å²) in [5, 5.41) is 0. The van der Waals surface area contributed by atoms with Crippen LogP contribution in [0.3, 0.4) is 0 Å². The summed E-state index contributed by atoms with van der Waals surface area (Å²) < 4.78 is 11.0. The maximum Gasteiger partial charge on any atom is 0.0641 e. The fourth-order valence-corrected chi connectivity index (χ4v) is 2.64. The first kappa shape index (κ1) is 20.0. The van der Waals surface area contributed by atoms with E-state index in [2.05, 4.69) is 36.1 Å². The normalized spacial score (nSPS) is 10.9. The highest BCUT2D eigenvalue weighted by atomic mass is 16.5. The van der Waals surface area contributed by atoms with Crippen LogP contribution in [0.1, 0.15) is 52.0 Å². The summed E-state index contributed by atoms with van der Waals surface area (Å²) >= 11 is 0. The number of rotatable bonds is 14. The van der Waals surface area contributed by atoms with E-state index in [9.17, 15) is 0 Å². The van der Waals surface area contributed by atoms with Crippen LogP contribution in [0, 0.1) is 0 Å². The van der Waals surface area contributed by atoms with Gasteiger partial charge in [-0.1, -0.05) is 38.3 Å². The number of aryl methyl sites for hydroxylation is 1. The van der Waals surface area contributed by atoms with Crippen molar-refractivity contribution in [1.29, 1.82) is 0 Å². The van der Waals surface area contributed by atoms with Gasteiger partial charge in [-0.2, -0.15) is 0 Å². The molecule has 0 unspecified atom stereocenters. The highest BCUT2D eigenvalue weighted by Crippen LogP contribution is 2.17. The Morgan fingerprint density at radius 1 is 0.783 bits per heavy atom. The fourth-order valence-electron chi connectivity index (χ4n) is 2.64. The van der Waals surface area contributed by atoms with E-state index >= 15 is 0 Å². The second-order valence-electron chi connectivity index (χ2n) is 5.86. The molecule has 1 rings (SSSR count). The van der Waals surface area contributed by atoms with Crippen molar-refractivity contribution in [3.8, 4) is 0 Å². The Morgan fingerprint density at radius 2 is 1.39 bits per heavy atom. The molecule has 1 aromatic rings. The lowest BCUT2D eigenvalue weighted by Crippen LogP contribution is -2.31. The van der Waals surface area contributed by atoms with Crippen molar-refractivity contribution in [2.24, 2.45) is 0 Å². The van der Waals surface area contributed by atoms with Gasteiger partial charge in [0.15, 0.2) is 0 Å². The van der Waals surface area contributed by atoms with Crippen LogP contribution in [-0.4, -0.2) is 39.5 Å². The fraction of sp³-hybridized carbons (Fsp3) is 0.700. The third-order valence-electron chi connectivity index (χ3n) is 4.04. The van der Waals surface area contributed by atoms with Crippen LogP contribution in [0.5, 0.6) is 0 Å². The molecule has 0 saturated carbocycles. The van der Waals surface area contributed by atoms with Crippen LogP contribution in [0.15, 0.2) is 24.3 Å². The molecule has 3 nitrogen and oxygen atoms in total. The van der Waals surface area contributed by atoms with Gasteiger partial charge in [-0.25, -0.2) is 0 Å². The van der Waals surface area contributed by atoms with Crippen molar-refractivity contribution in [3.05, 3.63) is 29.8 Å². The van der Waals surface area contributed by atoms with Crippen molar-refractivity contribution >= 4 is 5.69 Å². The lowest BCUT2D eigenvalue weighted by molar-refractivity contribution is 0.141. The van der Waals surface area contributed by atoms with Gasteiger partial charge in [0.25, 0.3) is 0 Å². The van der Waals surface area contributed by atoms with E-state index in [1.807, 2.05) is 13.8 Å². The maximum absolute atomic E-state index is 5.51. The molecule has 0 aliphatic heterocycles. The zero-order chi connectivity index (χ0) is 16.8. The summed E-state index contributed by atoms with van der Waals surface area (Å²) in [6.07, 6.45) is 6.48. The highest BCUT2D eigenvalue weighted by Gasteiger charge is 2.06. The maximum atomic E-state index is 5.51. The van der Waals surface area contributed by atoms with Crippen LogP contribution >= 0.6 is 0 Å². The van der Waals surface area contributed by atoms with Crippen LogP contribution < -0.4 is 4.90 Å². The Labute approximate surface area is 143 Å². The third-order valence-corrected chi connectivity index (χ3v) is 4.04. The van der Waals surface area contributed by atoms with Gasteiger partial charge in [0.1, 0.15) is 0 Å². The van der Waals surface area contributed by atoms with Gasteiger partial charge in [-0.3, -0.25) is 0 Å². The molecule has 0 aromatic heterocycles. The number of benzene rings is 1. The van der Waals surface area contributed by atoms with Crippen LogP contribution in [0.25, 0.3) is 0 Å². The topological polar surface area (TPSA) is 21.7 Å². The van der Waals surface area contributed by atoms with Gasteiger partial charge in [-0.15, -0.1) is 0 Å². The molecule has 0 saturated heterocycles. The smallest absolute Gasteiger partial charge is 0.0641 e. The second kappa shape index (κ2) is 13.4. The SMILES string of the molecule is CCCCCCc1ccc(N(CCOCC)CCOCC)cc1. The Hall–Kier alpha value is -1.06. The van der Waals surface area contributed by atoms with Crippen molar-refractivity contribution in [2.75, 3.05) is 44.4 Å². The van der Waals surface area contributed by atoms with Crippen LogP contribution in [0.2, 0.25) is 0 Å². The Morgan fingerprint density at radius 3 is 1.91 bits per heavy atom. The molecule has 0 amide bonds. The van der Waals surface area contributed by atoms with E-state index in [4.69, 9.17) is 9.47 Å². The first-order valence-electron chi connectivity index (χ1n) is 9.31. The largest absolute Gasteiger partial charge is 0.380 e. The van der Waals surface area contributed by atoms with Gasteiger partial charge < -0.3 is 14.4 Å². The molecule has 132 valence electrons. The van der Waals surface area contributed by atoms with E-state index < -0.39 is 0 Å². The molecule has 3 heteroatoms. The standard InChI is InChI=1S/C20H35NO2/c1-4-7-8-9-10-19-11-13-20(14-12-19)21(15-17-22-5-2)16-18-23-6-3/h11-14H,4-10,15-18H2,1-3H3. The molecular formula is C20H35NO2. The minimum atomic E-state index is 0.765. The van der Waals surface area contributed by atoms with Gasteiger partial charge >= 0.3 is 0 Å². The summed E-state index contributed by atoms with van der Waals surface area (Å²) in [6.45, 7) is 11.2. The van der Waals surface area contributed by atoms with Crippen molar-refractivity contribution in [1.82, 2.24) is 0 Å². The predicted molar refractivity (Wildman–Crippen MR) is 99.5 cm³/mol. The lowest BCUT2D eigenvalue weighted by atomic mass is 10.1. The Kier molecular flexibility index (Phi) is 11.6. The van der Waals surface area contributed by atoms with Crippen molar-refractivity contribution < 1.29 is 9.47 Å². The monoisotopic (exact) mass is 321 g/mol. The molecule has 0 heterocycles. The summed E-state index contributed by atoms with van der Waals surface area (Å²) in [5.41, 5.74) is 2.71. The predicted octanol–water partition coefficient (Wildman–Crippen LogP) is 4.69. The molecule has 0 atom stereocenters. The van der Waals surface area contributed by atoms with Crippen molar-refractivity contribution in [2.45, 2.75) is 52.9 Å². The molecular weight excluding hydrogens is 286 g/mol. The number of hydrogen-bond donors (Lipinski definition) is 0. The Balaban J connectivity index is 2.51. The lowest BCUT2D eigenvalue weighted by Gasteiger charge is -2.25. The highest BCUT2D eigenvalue weighted by molar-refractivity contribution is 5.47. The summed E-state index contributed by atoms with van der Waals surface area (Å²) in [6, 6.07) is 9.03. The molecule has 0 fully saturated rings. The van der Waals surface area contributed by atoms with Crippen LogP contribution in [0.4, 0.5) is 5.69 Å². The van der Waals surface area contributed by atoms with Gasteiger partial charge in [0, 0.05) is 32.0 Å². The molecule has 23 heavy (non-hydrogen) atoms. The van der Waals surface area contributed by atoms with Crippen molar-refractivity contribution in [3.63, 3.8) is 0 Å². The van der Waals surface area contributed by atoms with Crippen LogP contribution in [-0.2, 0) is 15.9 Å². The quantitative estimate of drug-likeness (QED) is 0.464. The van der Waals surface area contributed by atoms with Gasteiger partial charge in [-0.05, 0) is 44.4 Å². The number of anilines is 1. The Bertz CT molecular complexity index is 368. The molecule has 0 N–H and O–H groups in total.